The minimum absolute atomic E-state index is 0.169. The minimum Gasteiger partial charge on any atom is -0.336 e. The van der Waals surface area contributed by atoms with Crippen LogP contribution in [0.3, 0.4) is 0 Å². The van der Waals surface area contributed by atoms with Crippen LogP contribution in [0.5, 0.6) is 0 Å². The Morgan fingerprint density at radius 3 is 2.47 bits per heavy atom. The molecule has 4 fully saturated rings. The molecule has 0 N–H and O–H groups in total. The zero-order chi connectivity index (χ0) is 13.0. The predicted octanol–water partition coefficient (Wildman–Crippen LogP) is 1.26. The van der Waals surface area contributed by atoms with Gasteiger partial charge in [0.25, 0.3) is 0 Å². The van der Waals surface area contributed by atoms with Crippen molar-refractivity contribution in [3.05, 3.63) is 0 Å². The van der Waals surface area contributed by atoms with E-state index in [2.05, 4.69) is 0 Å². The monoisotopic (exact) mass is 262 g/mol. The van der Waals surface area contributed by atoms with Gasteiger partial charge in [0.05, 0.1) is 6.54 Å². The molecule has 4 heteroatoms. The lowest BCUT2D eigenvalue weighted by Crippen LogP contribution is -2.53. The number of rotatable bonds is 3. The summed E-state index contributed by atoms with van der Waals surface area (Å²) in [5, 5.41) is 0. The number of hydrogen-bond acceptors (Lipinski definition) is 2. The molecule has 19 heavy (non-hydrogen) atoms. The topological polar surface area (TPSA) is 40.6 Å². The van der Waals surface area contributed by atoms with Crippen LogP contribution in [0.15, 0.2) is 0 Å². The molecule has 0 unspecified atom stereocenters. The third kappa shape index (κ3) is 2.05. The van der Waals surface area contributed by atoms with Crippen molar-refractivity contribution in [2.45, 2.75) is 44.6 Å². The first kappa shape index (κ1) is 11.7. The number of carbonyl (C=O) groups excluding carboxylic acids is 2. The highest BCUT2D eigenvalue weighted by atomic mass is 16.2. The summed E-state index contributed by atoms with van der Waals surface area (Å²) in [6.45, 7) is 1.86. The van der Waals surface area contributed by atoms with Gasteiger partial charge in [0, 0.05) is 25.0 Å². The van der Waals surface area contributed by atoms with E-state index in [1.165, 1.54) is 19.3 Å². The first-order chi connectivity index (χ1) is 9.24. The quantitative estimate of drug-likeness (QED) is 0.768. The SMILES string of the molecule is O=C([C@H]1C[C@@H]1C1CCC1)N1CCN(C2CC2)C(=O)C1. The molecule has 3 saturated carbocycles. The first-order valence-electron chi connectivity index (χ1n) is 7.82. The van der Waals surface area contributed by atoms with Crippen LogP contribution in [0.4, 0.5) is 0 Å². The van der Waals surface area contributed by atoms with E-state index < -0.39 is 0 Å². The average molecular weight is 262 g/mol. The van der Waals surface area contributed by atoms with Crippen molar-refractivity contribution in [2.24, 2.45) is 17.8 Å². The van der Waals surface area contributed by atoms with Crippen LogP contribution in [0, 0.1) is 17.8 Å². The second-order valence-electron chi connectivity index (χ2n) is 6.78. The fraction of sp³-hybridized carbons (Fsp3) is 0.867. The number of nitrogens with zero attached hydrogens (tertiary/aromatic N) is 2. The molecular weight excluding hydrogens is 240 g/mol. The number of hydrogen-bond donors (Lipinski definition) is 0. The molecule has 104 valence electrons. The van der Waals surface area contributed by atoms with Crippen molar-refractivity contribution in [1.82, 2.24) is 9.80 Å². The fourth-order valence-electron chi connectivity index (χ4n) is 3.77. The standard InChI is InChI=1S/C15H22N2O2/c18-14-9-16(6-7-17(14)11-4-5-11)15(19)13-8-12(13)10-2-1-3-10/h10-13H,1-9H2/t12-,13+/m1/s1. The maximum Gasteiger partial charge on any atom is 0.242 e. The summed E-state index contributed by atoms with van der Waals surface area (Å²) in [5.74, 6) is 2.16. The normalized spacial score (nSPS) is 35.3. The Morgan fingerprint density at radius 2 is 1.89 bits per heavy atom. The fourth-order valence-corrected chi connectivity index (χ4v) is 3.77. The minimum atomic E-state index is 0.169. The van der Waals surface area contributed by atoms with Crippen molar-refractivity contribution in [2.75, 3.05) is 19.6 Å². The summed E-state index contributed by atoms with van der Waals surface area (Å²) in [5.41, 5.74) is 0. The first-order valence-corrected chi connectivity index (χ1v) is 7.82. The Labute approximate surface area is 114 Å². The second-order valence-corrected chi connectivity index (χ2v) is 6.78. The van der Waals surface area contributed by atoms with E-state index in [-0.39, 0.29) is 17.7 Å². The highest BCUT2D eigenvalue weighted by Gasteiger charge is 2.51. The Balaban J connectivity index is 1.33. The lowest BCUT2D eigenvalue weighted by atomic mass is 9.81. The molecule has 1 saturated heterocycles. The van der Waals surface area contributed by atoms with Crippen LogP contribution in [0.25, 0.3) is 0 Å². The van der Waals surface area contributed by atoms with Gasteiger partial charge in [-0.3, -0.25) is 9.59 Å². The number of carbonyl (C=O) groups is 2. The molecule has 2 amide bonds. The molecular formula is C15H22N2O2. The Bertz CT molecular complexity index is 414. The highest BCUT2D eigenvalue weighted by Crippen LogP contribution is 2.52. The molecule has 4 rings (SSSR count). The van der Waals surface area contributed by atoms with Crippen LogP contribution < -0.4 is 0 Å². The summed E-state index contributed by atoms with van der Waals surface area (Å²) in [4.78, 5) is 28.3. The second kappa shape index (κ2) is 4.22. The summed E-state index contributed by atoms with van der Waals surface area (Å²) in [6, 6.07) is 0.494. The van der Waals surface area contributed by atoms with Crippen LogP contribution in [0.2, 0.25) is 0 Å². The van der Waals surface area contributed by atoms with Crippen LogP contribution in [-0.4, -0.2) is 47.3 Å². The van der Waals surface area contributed by atoms with Crippen LogP contribution >= 0.6 is 0 Å². The molecule has 4 nitrogen and oxygen atoms in total. The molecule has 2 atom stereocenters. The van der Waals surface area contributed by atoms with Gasteiger partial charge in [-0.2, -0.15) is 0 Å². The summed E-state index contributed by atoms with van der Waals surface area (Å²) < 4.78 is 0. The van der Waals surface area contributed by atoms with E-state index in [1.807, 2.05) is 9.80 Å². The Hall–Kier alpha value is -1.06. The van der Waals surface area contributed by atoms with E-state index in [0.29, 0.717) is 18.5 Å². The number of piperazine rings is 1. The van der Waals surface area contributed by atoms with Gasteiger partial charge in [-0.1, -0.05) is 19.3 Å². The van der Waals surface area contributed by atoms with E-state index >= 15 is 0 Å². The number of amides is 2. The smallest absolute Gasteiger partial charge is 0.242 e. The van der Waals surface area contributed by atoms with Crippen molar-refractivity contribution in [3.63, 3.8) is 0 Å². The summed E-state index contributed by atoms with van der Waals surface area (Å²) in [6.07, 6.45) is 7.39. The molecule has 0 spiro atoms. The molecule has 0 aromatic heterocycles. The van der Waals surface area contributed by atoms with Crippen molar-refractivity contribution in [3.8, 4) is 0 Å². The zero-order valence-corrected chi connectivity index (χ0v) is 11.4. The Kier molecular flexibility index (Phi) is 2.61. The zero-order valence-electron chi connectivity index (χ0n) is 11.4. The lowest BCUT2D eigenvalue weighted by molar-refractivity contribution is -0.146. The van der Waals surface area contributed by atoms with Crippen LogP contribution in [-0.2, 0) is 9.59 Å². The maximum atomic E-state index is 12.4. The largest absolute Gasteiger partial charge is 0.336 e. The van der Waals surface area contributed by atoms with E-state index in [4.69, 9.17) is 0 Å². The average Bonchev–Trinajstić information content (AvgIpc) is 3.20. The van der Waals surface area contributed by atoms with Crippen molar-refractivity contribution >= 4 is 11.8 Å². The Morgan fingerprint density at radius 1 is 1.11 bits per heavy atom. The van der Waals surface area contributed by atoms with E-state index in [1.54, 1.807) is 0 Å². The molecule has 0 aromatic carbocycles. The third-order valence-corrected chi connectivity index (χ3v) is 5.47. The predicted molar refractivity (Wildman–Crippen MR) is 70.3 cm³/mol. The van der Waals surface area contributed by atoms with Crippen molar-refractivity contribution in [1.29, 1.82) is 0 Å². The molecule has 3 aliphatic carbocycles. The van der Waals surface area contributed by atoms with Gasteiger partial charge in [-0.25, -0.2) is 0 Å². The highest BCUT2D eigenvalue weighted by molar-refractivity contribution is 5.88. The van der Waals surface area contributed by atoms with Gasteiger partial charge < -0.3 is 9.80 Å². The molecule has 0 radical (unpaired) electrons. The lowest BCUT2D eigenvalue weighted by Gasteiger charge is -2.35. The molecule has 0 bridgehead atoms. The van der Waals surface area contributed by atoms with Gasteiger partial charge in [-0.05, 0) is 31.1 Å². The third-order valence-electron chi connectivity index (χ3n) is 5.47. The van der Waals surface area contributed by atoms with E-state index in [9.17, 15) is 9.59 Å². The molecule has 1 aliphatic heterocycles. The maximum absolute atomic E-state index is 12.4. The van der Waals surface area contributed by atoms with Gasteiger partial charge in [0.2, 0.25) is 11.8 Å². The van der Waals surface area contributed by atoms with E-state index in [0.717, 1.165) is 38.3 Å². The van der Waals surface area contributed by atoms with Gasteiger partial charge >= 0.3 is 0 Å². The van der Waals surface area contributed by atoms with Gasteiger partial charge in [-0.15, -0.1) is 0 Å². The molecule has 0 aromatic rings. The molecule has 1 heterocycles. The summed E-state index contributed by atoms with van der Waals surface area (Å²) in [7, 11) is 0. The molecule has 4 aliphatic rings. The van der Waals surface area contributed by atoms with Gasteiger partial charge in [0.1, 0.15) is 0 Å². The summed E-state index contributed by atoms with van der Waals surface area (Å²) >= 11 is 0. The van der Waals surface area contributed by atoms with Gasteiger partial charge in [0.15, 0.2) is 0 Å². The van der Waals surface area contributed by atoms with Crippen LogP contribution in [0.1, 0.15) is 38.5 Å². The van der Waals surface area contributed by atoms with Crippen molar-refractivity contribution < 1.29 is 9.59 Å².